The summed E-state index contributed by atoms with van der Waals surface area (Å²) in [5.74, 6) is 0.0963. The lowest BCUT2D eigenvalue weighted by Crippen LogP contribution is -2.35. The molecule has 39 heavy (non-hydrogen) atoms. The zero-order valence-electron chi connectivity index (χ0n) is 22.0. The lowest BCUT2D eigenvalue weighted by atomic mass is 10.0. The van der Waals surface area contributed by atoms with Crippen molar-refractivity contribution in [2.45, 2.75) is 38.6 Å². The molecule has 9 nitrogen and oxygen atoms in total. The van der Waals surface area contributed by atoms with Crippen LogP contribution in [0, 0.1) is 5.82 Å². The Bertz CT molecular complexity index is 1470. The van der Waals surface area contributed by atoms with Gasteiger partial charge in [-0.05, 0) is 42.5 Å². The molecule has 0 bridgehead atoms. The number of nitrogens with zero attached hydrogens (tertiary/aromatic N) is 7. The van der Waals surface area contributed by atoms with E-state index in [1.54, 1.807) is 25.2 Å². The van der Waals surface area contributed by atoms with Gasteiger partial charge in [-0.2, -0.15) is 0 Å². The average Bonchev–Trinajstić information content (AvgIpc) is 3.30. The van der Waals surface area contributed by atoms with Gasteiger partial charge in [0.05, 0.1) is 28.3 Å². The van der Waals surface area contributed by atoms with E-state index < -0.39 is 0 Å². The molecule has 1 fully saturated rings. The number of hydrogen-bond acceptors (Lipinski definition) is 7. The van der Waals surface area contributed by atoms with Crippen LogP contribution >= 0.6 is 11.6 Å². The highest BCUT2D eigenvalue weighted by Crippen LogP contribution is 2.31. The summed E-state index contributed by atoms with van der Waals surface area (Å²) in [5, 5.41) is 9.80. The monoisotopic (exact) mass is 551 g/mol. The molecule has 0 unspecified atom stereocenters. The largest absolute Gasteiger partial charge is 0.395 e. The number of carbonyl (C=O) groups excluding carboxylic acids is 1. The van der Waals surface area contributed by atoms with Crippen LogP contribution in [-0.2, 0) is 12.8 Å². The molecule has 1 saturated heterocycles. The first kappa shape index (κ1) is 27.0. The molecule has 1 N–H and O–H groups in total. The van der Waals surface area contributed by atoms with Crippen LogP contribution < -0.4 is 4.90 Å². The summed E-state index contributed by atoms with van der Waals surface area (Å²) in [4.78, 5) is 34.0. The number of fused-ring (bicyclic) bond motifs is 1. The van der Waals surface area contributed by atoms with Gasteiger partial charge < -0.3 is 19.5 Å². The van der Waals surface area contributed by atoms with Crippen molar-refractivity contribution >= 4 is 34.5 Å². The minimum atomic E-state index is -0.356. The van der Waals surface area contributed by atoms with E-state index in [9.17, 15) is 4.79 Å². The fourth-order valence-electron chi connectivity index (χ4n) is 5.04. The summed E-state index contributed by atoms with van der Waals surface area (Å²) in [6.45, 7) is 3.70. The van der Waals surface area contributed by atoms with Crippen LogP contribution in [-0.4, -0.2) is 73.7 Å². The first-order valence-corrected chi connectivity index (χ1v) is 13.5. The summed E-state index contributed by atoms with van der Waals surface area (Å²) in [6.07, 6.45) is 9.61. The molecule has 0 radical (unpaired) electrons. The third kappa shape index (κ3) is 5.58. The second-order valence-corrected chi connectivity index (χ2v) is 10.2. The molecule has 1 amide bonds. The van der Waals surface area contributed by atoms with E-state index in [-0.39, 0.29) is 30.9 Å². The lowest BCUT2D eigenvalue weighted by molar-refractivity contribution is 0.0767. The van der Waals surface area contributed by atoms with Crippen molar-refractivity contribution in [2.24, 2.45) is 0 Å². The van der Waals surface area contributed by atoms with E-state index in [0.29, 0.717) is 33.7 Å². The second kappa shape index (κ2) is 11.6. The van der Waals surface area contributed by atoms with Crippen LogP contribution in [0.5, 0.6) is 0 Å². The molecule has 4 aromatic rings. The number of aromatic nitrogens is 5. The molecule has 0 atom stereocenters. The number of amides is 1. The van der Waals surface area contributed by atoms with E-state index in [4.69, 9.17) is 16.7 Å². The summed E-state index contributed by atoms with van der Waals surface area (Å²) in [6, 6.07) is 5.25. The summed E-state index contributed by atoms with van der Waals surface area (Å²) < 4.78 is 17.3. The molecule has 0 spiro atoms. The highest BCUT2D eigenvalue weighted by Gasteiger charge is 2.26. The number of hydrogen-bond donors (Lipinski definition) is 1. The SMILES string of the molecule is CCc1cnc(N2CCC(n3cc(F)c4c(Cc5ccc(C(=O)N(C)CCO)c(Cl)c5)ncnc43)CC2)nc1. The van der Waals surface area contributed by atoms with Gasteiger partial charge in [-0.15, -0.1) is 0 Å². The fraction of sp³-hybridized carbons (Fsp3) is 0.393. The van der Waals surface area contributed by atoms with Gasteiger partial charge in [0, 0.05) is 57.7 Å². The molecule has 11 heteroatoms. The van der Waals surface area contributed by atoms with Gasteiger partial charge in [0.1, 0.15) is 12.0 Å². The van der Waals surface area contributed by atoms with Crippen molar-refractivity contribution in [1.82, 2.24) is 29.4 Å². The molecular formula is C28H31ClFN7O2. The Morgan fingerprint density at radius 2 is 1.90 bits per heavy atom. The summed E-state index contributed by atoms with van der Waals surface area (Å²) in [7, 11) is 1.61. The zero-order valence-corrected chi connectivity index (χ0v) is 22.8. The number of likely N-dealkylation sites (N-methyl/N-ethyl adjacent to an activating group) is 1. The van der Waals surface area contributed by atoms with Gasteiger partial charge in [0.15, 0.2) is 5.82 Å². The molecule has 0 aliphatic carbocycles. The Hall–Kier alpha value is -3.63. The topological polar surface area (TPSA) is 100 Å². The maximum absolute atomic E-state index is 15.3. The normalized spacial score (nSPS) is 14.2. The molecule has 1 aliphatic rings. The van der Waals surface area contributed by atoms with Crippen molar-refractivity contribution < 1.29 is 14.3 Å². The Kier molecular flexibility index (Phi) is 8.04. The highest BCUT2D eigenvalue weighted by molar-refractivity contribution is 6.33. The van der Waals surface area contributed by atoms with Crippen LogP contribution in [0.2, 0.25) is 5.02 Å². The average molecular weight is 552 g/mol. The minimum absolute atomic E-state index is 0.0987. The second-order valence-electron chi connectivity index (χ2n) is 9.81. The number of anilines is 1. The molecule has 1 aliphatic heterocycles. The van der Waals surface area contributed by atoms with Crippen molar-refractivity contribution in [3.63, 3.8) is 0 Å². The fourth-order valence-corrected chi connectivity index (χ4v) is 5.33. The first-order valence-electron chi connectivity index (χ1n) is 13.1. The number of aliphatic hydroxyl groups is 1. The van der Waals surface area contributed by atoms with Crippen molar-refractivity contribution in [3.05, 3.63) is 76.3 Å². The predicted octanol–water partition coefficient (Wildman–Crippen LogP) is 4.07. The number of aliphatic hydroxyl groups excluding tert-OH is 1. The van der Waals surface area contributed by atoms with Gasteiger partial charge in [0.25, 0.3) is 5.91 Å². The summed E-state index contributed by atoms with van der Waals surface area (Å²) >= 11 is 6.43. The number of benzene rings is 1. The highest BCUT2D eigenvalue weighted by atomic mass is 35.5. The maximum Gasteiger partial charge on any atom is 0.255 e. The van der Waals surface area contributed by atoms with Gasteiger partial charge in [-0.25, -0.2) is 24.3 Å². The van der Waals surface area contributed by atoms with Crippen LogP contribution in [0.4, 0.5) is 10.3 Å². The smallest absolute Gasteiger partial charge is 0.255 e. The number of rotatable bonds is 8. The third-order valence-corrected chi connectivity index (χ3v) is 7.61. The van der Waals surface area contributed by atoms with Crippen LogP contribution in [0.15, 0.2) is 43.1 Å². The van der Waals surface area contributed by atoms with Crippen LogP contribution in [0.25, 0.3) is 11.0 Å². The van der Waals surface area contributed by atoms with E-state index in [1.165, 1.54) is 17.4 Å². The summed E-state index contributed by atoms with van der Waals surface area (Å²) in [5.41, 5.74) is 3.39. The van der Waals surface area contributed by atoms with E-state index in [1.807, 2.05) is 17.0 Å². The van der Waals surface area contributed by atoms with Crippen molar-refractivity contribution in [3.8, 4) is 0 Å². The van der Waals surface area contributed by atoms with Gasteiger partial charge in [0.2, 0.25) is 5.95 Å². The Morgan fingerprint density at radius 1 is 1.15 bits per heavy atom. The standard InChI is InChI=1S/C28H31ClFN7O2/c1-3-18-14-31-28(32-15-18)36-8-6-20(7-9-36)37-16-23(30)25-24(33-17-34-26(25)37)13-19-4-5-21(22(29)12-19)27(39)35(2)10-11-38/h4-5,12,14-17,20,38H,3,6-11,13H2,1-2H3. The van der Waals surface area contributed by atoms with Crippen LogP contribution in [0.1, 0.15) is 53.0 Å². The first-order chi connectivity index (χ1) is 18.9. The molecule has 204 valence electrons. The van der Waals surface area contributed by atoms with Crippen molar-refractivity contribution in [1.29, 1.82) is 0 Å². The number of carbonyl (C=O) groups is 1. The maximum atomic E-state index is 15.3. The van der Waals surface area contributed by atoms with Crippen molar-refractivity contribution in [2.75, 3.05) is 38.2 Å². The molecular weight excluding hydrogens is 521 g/mol. The Morgan fingerprint density at radius 3 is 2.56 bits per heavy atom. The quantitative estimate of drug-likeness (QED) is 0.352. The molecule has 1 aromatic carbocycles. The Labute approximate surface area is 231 Å². The van der Waals surface area contributed by atoms with Crippen LogP contribution in [0.3, 0.4) is 0 Å². The number of aryl methyl sites for hydroxylation is 1. The van der Waals surface area contributed by atoms with Gasteiger partial charge in [-0.1, -0.05) is 24.6 Å². The van der Waals surface area contributed by atoms with Gasteiger partial charge in [-0.3, -0.25) is 4.79 Å². The molecule has 5 rings (SSSR count). The predicted molar refractivity (Wildman–Crippen MR) is 148 cm³/mol. The minimum Gasteiger partial charge on any atom is -0.395 e. The molecule has 0 saturated carbocycles. The zero-order chi connectivity index (χ0) is 27.5. The van der Waals surface area contributed by atoms with E-state index in [0.717, 1.165) is 49.4 Å². The molecule has 4 heterocycles. The van der Waals surface area contributed by atoms with Gasteiger partial charge >= 0.3 is 0 Å². The third-order valence-electron chi connectivity index (χ3n) is 7.30. The van der Waals surface area contributed by atoms with E-state index in [2.05, 4.69) is 31.8 Å². The van der Waals surface area contributed by atoms with E-state index >= 15 is 4.39 Å². The number of halogens is 2. The number of piperidine rings is 1. The Balaban J connectivity index is 1.33. The molecule has 3 aromatic heterocycles. The lowest BCUT2D eigenvalue weighted by Gasteiger charge is -2.32.